The lowest BCUT2D eigenvalue weighted by atomic mass is 10.0. The SMILES string of the molecule is CC(CCCC(SC1OC(CO)C(O)C(O)C1O)=[N+]([O-])S(=O)(=O)O)OC(=O)c1ccccc1. The first-order chi connectivity index (χ1) is 15.5. The summed E-state index contributed by atoms with van der Waals surface area (Å²) < 4.78 is 41.8. The molecular formula is C19H27NO11S2. The number of esters is 1. The van der Waals surface area contributed by atoms with Crippen molar-refractivity contribution in [1.29, 1.82) is 0 Å². The number of hydrogen-bond acceptors (Lipinski definition) is 11. The largest absolute Gasteiger partial charge is 0.605 e. The molecule has 1 aliphatic heterocycles. The molecule has 1 fully saturated rings. The number of carbonyl (C=O) groups is 1. The highest BCUT2D eigenvalue weighted by Crippen LogP contribution is 2.31. The van der Waals surface area contributed by atoms with E-state index in [1.807, 2.05) is 0 Å². The molecule has 0 saturated carbocycles. The van der Waals surface area contributed by atoms with Crippen LogP contribution in [0, 0.1) is 5.21 Å². The molecule has 0 bridgehead atoms. The number of aliphatic hydroxyl groups is 4. The lowest BCUT2D eigenvalue weighted by Crippen LogP contribution is -2.57. The van der Waals surface area contributed by atoms with Gasteiger partial charge in [0.15, 0.2) is 0 Å². The van der Waals surface area contributed by atoms with Gasteiger partial charge >= 0.3 is 16.3 Å². The minimum absolute atomic E-state index is 0.150. The molecule has 6 unspecified atom stereocenters. The monoisotopic (exact) mass is 509 g/mol. The Kier molecular flexibility index (Phi) is 10.1. The van der Waals surface area contributed by atoms with E-state index in [-0.39, 0.29) is 19.3 Å². The second-order valence-electron chi connectivity index (χ2n) is 7.39. The molecule has 1 aromatic rings. The van der Waals surface area contributed by atoms with E-state index < -0.39 is 68.0 Å². The van der Waals surface area contributed by atoms with Gasteiger partial charge in [0.1, 0.15) is 29.9 Å². The Bertz CT molecular complexity index is 923. The van der Waals surface area contributed by atoms with Crippen LogP contribution in [0.5, 0.6) is 0 Å². The van der Waals surface area contributed by atoms with Crippen LogP contribution >= 0.6 is 11.8 Å². The molecule has 33 heavy (non-hydrogen) atoms. The molecule has 0 amide bonds. The third-order valence-electron chi connectivity index (χ3n) is 4.83. The fourth-order valence-corrected chi connectivity index (χ4v) is 4.92. The highest BCUT2D eigenvalue weighted by atomic mass is 32.2. The molecule has 6 atom stereocenters. The molecule has 186 valence electrons. The zero-order chi connectivity index (χ0) is 24.8. The van der Waals surface area contributed by atoms with E-state index in [1.165, 1.54) is 0 Å². The van der Waals surface area contributed by atoms with Crippen molar-refractivity contribution in [3.05, 3.63) is 41.1 Å². The zero-order valence-electron chi connectivity index (χ0n) is 17.6. The number of aliphatic hydroxyl groups excluding tert-OH is 4. The summed E-state index contributed by atoms with van der Waals surface area (Å²) in [6.07, 6.45) is -6.74. The van der Waals surface area contributed by atoms with E-state index >= 15 is 0 Å². The summed E-state index contributed by atoms with van der Waals surface area (Å²) in [7, 11) is -5.18. The molecule has 14 heteroatoms. The van der Waals surface area contributed by atoms with Crippen molar-refractivity contribution >= 4 is 33.1 Å². The van der Waals surface area contributed by atoms with E-state index in [0.717, 1.165) is 0 Å². The standard InChI is InChI=1S/C19H27NO11S2/c1-11(30-18(25)12-7-3-2-4-8-12)6-5-9-14(20(26)33(27,28)29)32-19-17(24)16(23)15(22)13(10-21)31-19/h2-4,7-8,11,13,15-17,19,21-24H,5-6,9-10H2,1H3,(H,27,28,29). The van der Waals surface area contributed by atoms with Crippen LogP contribution in [-0.2, 0) is 19.8 Å². The smallest absolute Gasteiger partial charge is 0.518 e. The predicted molar refractivity (Wildman–Crippen MR) is 117 cm³/mol. The molecule has 0 aliphatic carbocycles. The maximum absolute atomic E-state index is 12.1. The topological polar surface area (TPSA) is 197 Å². The average molecular weight is 510 g/mol. The van der Waals surface area contributed by atoms with Crippen LogP contribution in [0.4, 0.5) is 0 Å². The molecule has 1 aromatic carbocycles. The van der Waals surface area contributed by atoms with Gasteiger partial charge < -0.3 is 35.1 Å². The van der Waals surface area contributed by atoms with Crippen LogP contribution in [0.3, 0.4) is 0 Å². The van der Waals surface area contributed by atoms with Gasteiger partial charge in [-0.2, -0.15) is 0 Å². The van der Waals surface area contributed by atoms with Crippen LogP contribution in [0.2, 0.25) is 0 Å². The van der Waals surface area contributed by atoms with E-state index in [0.29, 0.717) is 17.3 Å². The van der Waals surface area contributed by atoms with Gasteiger partial charge in [0.05, 0.1) is 18.3 Å². The van der Waals surface area contributed by atoms with Crippen LogP contribution in [0.15, 0.2) is 30.3 Å². The normalized spacial score (nSPS) is 27.5. The van der Waals surface area contributed by atoms with Crippen LogP contribution < -0.4 is 0 Å². The third kappa shape index (κ3) is 7.61. The van der Waals surface area contributed by atoms with Crippen LogP contribution in [0.25, 0.3) is 0 Å². The molecule has 2 rings (SSSR count). The Hall–Kier alpha value is -1.78. The minimum atomic E-state index is -5.18. The number of ether oxygens (including phenoxy) is 2. The summed E-state index contributed by atoms with van der Waals surface area (Å²) in [4.78, 5) is 12.1. The number of rotatable bonds is 9. The minimum Gasteiger partial charge on any atom is -0.605 e. The summed E-state index contributed by atoms with van der Waals surface area (Å²) in [5.74, 6) is -0.550. The Morgan fingerprint density at radius 1 is 1.21 bits per heavy atom. The zero-order valence-corrected chi connectivity index (χ0v) is 19.3. The molecular weight excluding hydrogens is 482 g/mol. The fourth-order valence-electron chi connectivity index (χ4n) is 3.05. The van der Waals surface area contributed by atoms with Crippen molar-refractivity contribution < 1.29 is 51.8 Å². The number of hydrogen-bond donors (Lipinski definition) is 5. The number of nitrogens with zero attached hydrogens (tertiary/aromatic N) is 1. The molecule has 1 aliphatic rings. The number of carbonyl (C=O) groups excluding carboxylic acids is 1. The first-order valence-electron chi connectivity index (χ1n) is 9.99. The number of thioether (sulfide) groups is 1. The predicted octanol–water partition coefficient (Wildman–Crippen LogP) is -0.353. The van der Waals surface area contributed by atoms with E-state index in [9.17, 15) is 38.8 Å². The Labute approximate surface area is 194 Å². The summed E-state index contributed by atoms with van der Waals surface area (Å²) in [6, 6.07) is 8.27. The van der Waals surface area contributed by atoms with Gasteiger partial charge in [-0.1, -0.05) is 22.3 Å². The second kappa shape index (κ2) is 12.1. The van der Waals surface area contributed by atoms with Crippen LogP contribution in [-0.4, -0.2) is 91.1 Å². The van der Waals surface area contributed by atoms with E-state index in [1.54, 1.807) is 37.3 Å². The van der Waals surface area contributed by atoms with Crippen molar-refractivity contribution in [3.63, 3.8) is 0 Å². The summed E-state index contributed by atoms with van der Waals surface area (Å²) >= 11 is 0.425. The molecule has 0 radical (unpaired) electrons. The van der Waals surface area contributed by atoms with Crippen molar-refractivity contribution in [1.82, 2.24) is 0 Å². The first kappa shape index (κ1) is 27.5. The van der Waals surface area contributed by atoms with Crippen molar-refractivity contribution in [2.24, 2.45) is 0 Å². The molecule has 1 heterocycles. The van der Waals surface area contributed by atoms with E-state index in [2.05, 4.69) is 0 Å². The van der Waals surface area contributed by atoms with Crippen molar-refractivity contribution in [3.8, 4) is 0 Å². The lowest BCUT2D eigenvalue weighted by molar-refractivity contribution is -0.290. The Balaban J connectivity index is 2.04. The van der Waals surface area contributed by atoms with Gasteiger partial charge in [-0.15, -0.1) is 8.42 Å². The van der Waals surface area contributed by atoms with E-state index in [4.69, 9.17) is 14.0 Å². The van der Waals surface area contributed by atoms with Gasteiger partial charge in [0.2, 0.25) is 5.04 Å². The maximum Gasteiger partial charge on any atom is 0.518 e. The van der Waals surface area contributed by atoms with Gasteiger partial charge in [-0.25, -0.2) is 9.35 Å². The molecule has 12 nitrogen and oxygen atoms in total. The quantitative estimate of drug-likeness (QED) is 0.0552. The fraction of sp³-hybridized carbons (Fsp3) is 0.579. The van der Waals surface area contributed by atoms with Gasteiger partial charge in [0.25, 0.3) is 0 Å². The van der Waals surface area contributed by atoms with Gasteiger partial charge in [-0.05, 0) is 43.7 Å². The molecule has 1 saturated heterocycles. The van der Waals surface area contributed by atoms with Crippen molar-refractivity contribution in [2.45, 2.75) is 62.1 Å². The lowest BCUT2D eigenvalue weighted by Gasteiger charge is -2.39. The molecule has 0 spiro atoms. The van der Waals surface area contributed by atoms with Gasteiger partial charge in [0, 0.05) is 6.42 Å². The average Bonchev–Trinajstić information content (AvgIpc) is 2.77. The highest BCUT2D eigenvalue weighted by Gasteiger charge is 2.45. The first-order valence-corrected chi connectivity index (χ1v) is 12.3. The summed E-state index contributed by atoms with van der Waals surface area (Å²) in [6.45, 7) is 0.907. The Morgan fingerprint density at radius 2 is 1.85 bits per heavy atom. The van der Waals surface area contributed by atoms with Crippen molar-refractivity contribution in [2.75, 3.05) is 6.61 Å². The third-order valence-corrected chi connectivity index (χ3v) is 6.85. The van der Waals surface area contributed by atoms with Crippen LogP contribution in [0.1, 0.15) is 36.5 Å². The second-order valence-corrected chi connectivity index (χ2v) is 9.79. The summed E-state index contributed by atoms with van der Waals surface area (Å²) in [5.41, 5.74) is -1.06. The molecule has 0 aromatic heterocycles. The summed E-state index contributed by atoms with van der Waals surface area (Å²) in [5, 5.41) is 50.8. The van der Waals surface area contributed by atoms with Gasteiger partial charge in [-0.3, -0.25) is 0 Å². The maximum atomic E-state index is 12.1. The Morgan fingerprint density at radius 3 is 2.42 bits per heavy atom. The highest BCUT2D eigenvalue weighted by molar-refractivity contribution is 8.14. The molecule has 5 N–H and O–H groups in total. The number of benzene rings is 1.